The summed E-state index contributed by atoms with van der Waals surface area (Å²) in [6, 6.07) is 9.87. The predicted molar refractivity (Wildman–Crippen MR) is 79.7 cm³/mol. The first-order chi connectivity index (χ1) is 9.06. The fraction of sp³-hybridized carbons (Fsp3) is 0.571. The summed E-state index contributed by atoms with van der Waals surface area (Å²) in [6.07, 6.45) is 1.73. The molecule has 0 aromatic heterocycles. The van der Waals surface area contributed by atoms with Crippen molar-refractivity contribution in [1.82, 2.24) is 10.0 Å². The van der Waals surface area contributed by atoms with E-state index >= 15 is 0 Å². The standard InChI is InChI=1S/C14H24N2O2S/c1-3-10-15-12-13(2)19(17,18)16-11-9-14-7-5-4-6-8-14/h4-8,13,15-16H,3,9-12H2,1-2H3. The zero-order chi connectivity index (χ0) is 14.1. The Morgan fingerprint density at radius 1 is 1.16 bits per heavy atom. The molecule has 108 valence electrons. The minimum absolute atomic E-state index is 0.408. The smallest absolute Gasteiger partial charge is 0.215 e. The molecule has 0 radical (unpaired) electrons. The molecule has 2 N–H and O–H groups in total. The SMILES string of the molecule is CCCNCC(C)S(=O)(=O)NCCc1ccccc1. The lowest BCUT2D eigenvalue weighted by molar-refractivity contribution is 0.557. The van der Waals surface area contributed by atoms with E-state index in [4.69, 9.17) is 0 Å². The molecule has 0 aliphatic rings. The molecule has 5 heteroatoms. The summed E-state index contributed by atoms with van der Waals surface area (Å²) in [5, 5.41) is 2.72. The maximum atomic E-state index is 12.0. The molecule has 1 atom stereocenters. The molecule has 0 fully saturated rings. The van der Waals surface area contributed by atoms with E-state index in [1.54, 1.807) is 6.92 Å². The van der Waals surface area contributed by atoms with Gasteiger partial charge in [0.15, 0.2) is 0 Å². The van der Waals surface area contributed by atoms with Gasteiger partial charge in [-0.15, -0.1) is 0 Å². The monoisotopic (exact) mass is 284 g/mol. The van der Waals surface area contributed by atoms with Gasteiger partial charge in [0.05, 0.1) is 5.25 Å². The summed E-state index contributed by atoms with van der Waals surface area (Å²) >= 11 is 0. The number of rotatable bonds is 9. The summed E-state index contributed by atoms with van der Waals surface area (Å²) in [5.74, 6) is 0. The van der Waals surface area contributed by atoms with E-state index in [9.17, 15) is 8.42 Å². The Balaban J connectivity index is 2.34. The van der Waals surface area contributed by atoms with E-state index in [1.165, 1.54) is 0 Å². The van der Waals surface area contributed by atoms with E-state index in [2.05, 4.69) is 17.0 Å². The Morgan fingerprint density at radius 3 is 2.47 bits per heavy atom. The number of nitrogens with one attached hydrogen (secondary N) is 2. The Bertz CT molecular complexity index is 446. The summed E-state index contributed by atoms with van der Waals surface area (Å²) in [7, 11) is -3.22. The summed E-state index contributed by atoms with van der Waals surface area (Å²) in [4.78, 5) is 0. The topological polar surface area (TPSA) is 58.2 Å². The van der Waals surface area contributed by atoms with Gasteiger partial charge >= 0.3 is 0 Å². The summed E-state index contributed by atoms with van der Waals surface area (Å²) < 4.78 is 26.6. The van der Waals surface area contributed by atoms with Crippen LogP contribution in [0.5, 0.6) is 0 Å². The van der Waals surface area contributed by atoms with Crippen molar-refractivity contribution >= 4 is 10.0 Å². The van der Waals surface area contributed by atoms with Gasteiger partial charge in [-0.2, -0.15) is 0 Å². The van der Waals surface area contributed by atoms with Crippen LogP contribution >= 0.6 is 0 Å². The fourth-order valence-corrected chi connectivity index (χ4v) is 2.72. The molecule has 1 unspecified atom stereocenters. The third-order valence-electron chi connectivity index (χ3n) is 2.95. The predicted octanol–water partition coefficient (Wildman–Crippen LogP) is 1.54. The van der Waals surface area contributed by atoms with Crippen LogP contribution in [0.2, 0.25) is 0 Å². The van der Waals surface area contributed by atoms with E-state index in [1.807, 2.05) is 30.3 Å². The average molecular weight is 284 g/mol. The number of hydrogen-bond donors (Lipinski definition) is 2. The molecular weight excluding hydrogens is 260 g/mol. The maximum Gasteiger partial charge on any atom is 0.215 e. The molecule has 0 bridgehead atoms. The number of hydrogen-bond acceptors (Lipinski definition) is 3. The highest BCUT2D eigenvalue weighted by Gasteiger charge is 2.19. The normalized spacial score (nSPS) is 13.4. The van der Waals surface area contributed by atoms with Crippen LogP contribution in [-0.4, -0.2) is 33.3 Å². The molecule has 0 aliphatic heterocycles. The van der Waals surface area contributed by atoms with Gasteiger partial charge < -0.3 is 5.32 Å². The lowest BCUT2D eigenvalue weighted by Crippen LogP contribution is -2.39. The van der Waals surface area contributed by atoms with E-state index in [-0.39, 0.29) is 0 Å². The minimum atomic E-state index is -3.22. The summed E-state index contributed by atoms with van der Waals surface area (Å²) in [5.41, 5.74) is 1.14. The third kappa shape index (κ3) is 6.18. The van der Waals surface area contributed by atoms with E-state index in [0.717, 1.165) is 24.9 Å². The molecular formula is C14H24N2O2S. The van der Waals surface area contributed by atoms with Gasteiger partial charge in [-0.25, -0.2) is 13.1 Å². The van der Waals surface area contributed by atoms with Crippen LogP contribution in [0, 0.1) is 0 Å². The second-order valence-electron chi connectivity index (χ2n) is 4.69. The van der Waals surface area contributed by atoms with Gasteiger partial charge in [-0.3, -0.25) is 0 Å². The molecule has 0 spiro atoms. The molecule has 4 nitrogen and oxygen atoms in total. The van der Waals surface area contributed by atoms with Crippen LogP contribution in [0.1, 0.15) is 25.8 Å². The summed E-state index contributed by atoms with van der Waals surface area (Å²) in [6.45, 7) is 5.58. The van der Waals surface area contributed by atoms with Crippen molar-refractivity contribution in [3.05, 3.63) is 35.9 Å². The van der Waals surface area contributed by atoms with Crippen LogP contribution in [0.25, 0.3) is 0 Å². The van der Waals surface area contributed by atoms with Gasteiger partial charge in [0.25, 0.3) is 0 Å². The first-order valence-electron chi connectivity index (χ1n) is 6.79. The van der Waals surface area contributed by atoms with Gasteiger partial charge in [0.1, 0.15) is 0 Å². The molecule has 1 aromatic carbocycles. The zero-order valence-electron chi connectivity index (χ0n) is 11.7. The molecule has 0 saturated carbocycles. The Kier molecular flexibility index (Phi) is 7.05. The fourth-order valence-electron chi connectivity index (χ4n) is 1.72. The highest BCUT2D eigenvalue weighted by molar-refractivity contribution is 7.90. The van der Waals surface area contributed by atoms with Crippen LogP contribution < -0.4 is 10.0 Å². The largest absolute Gasteiger partial charge is 0.315 e. The minimum Gasteiger partial charge on any atom is -0.315 e. The van der Waals surface area contributed by atoms with Crippen LogP contribution in [0.4, 0.5) is 0 Å². The van der Waals surface area contributed by atoms with Crippen molar-refractivity contribution < 1.29 is 8.42 Å². The quantitative estimate of drug-likeness (QED) is 0.676. The number of benzene rings is 1. The number of sulfonamides is 1. The van der Waals surface area contributed by atoms with Crippen LogP contribution in [0.3, 0.4) is 0 Å². The van der Waals surface area contributed by atoms with E-state index in [0.29, 0.717) is 13.1 Å². The maximum absolute atomic E-state index is 12.0. The van der Waals surface area contributed by atoms with Gasteiger partial charge in [0.2, 0.25) is 10.0 Å². The highest BCUT2D eigenvalue weighted by atomic mass is 32.2. The van der Waals surface area contributed by atoms with Crippen molar-refractivity contribution in [2.24, 2.45) is 0 Å². The first kappa shape index (κ1) is 16.1. The zero-order valence-corrected chi connectivity index (χ0v) is 12.5. The van der Waals surface area contributed by atoms with Gasteiger partial charge in [0, 0.05) is 13.1 Å². The second kappa shape index (κ2) is 8.30. The van der Waals surface area contributed by atoms with Crippen molar-refractivity contribution in [3.63, 3.8) is 0 Å². The molecule has 19 heavy (non-hydrogen) atoms. The Morgan fingerprint density at radius 2 is 1.84 bits per heavy atom. The third-order valence-corrected chi connectivity index (χ3v) is 4.78. The lowest BCUT2D eigenvalue weighted by atomic mass is 10.2. The van der Waals surface area contributed by atoms with Crippen molar-refractivity contribution in [1.29, 1.82) is 0 Å². The van der Waals surface area contributed by atoms with Gasteiger partial charge in [-0.05, 0) is 31.9 Å². The highest BCUT2D eigenvalue weighted by Crippen LogP contribution is 2.01. The van der Waals surface area contributed by atoms with Crippen molar-refractivity contribution in [3.8, 4) is 0 Å². The average Bonchev–Trinajstić information content (AvgIpc) is 2.40. The van der Waals surface area contributed by atoms with E-state index < -0.39 is 15.3 Å². The molecule has 0 heterocycles. The molecule has 0 saturated heterocycles. The first-order valence-corrected chi connectivity index (χ1v) is 8.34. The molecule has 0 aliphatic carbocycles. The van der Waals surface area contributed by atoms with Gasteiger partial charge in [-0.1, -0.05) is 37.3 Å². The van der Waals surface area contributed by atoms with Crippen molar-refractivity contribution in [2.45, 2.75) is 31.9 Å². The molecule has 0 amide bonds. The lowest BCUT2D eigenvalue weighted by Gasteiger charge is -2.14. The molecule has 1 rings (SSSR count). The van der Waals surface area contributed by atoms with Crippen LogP contribution in [0.15, 0.2) is 30.3 Å². The second-order valence-corrected chi connectivity index (χ2v) is 6.87. The molecule has 1 aromatic rings. The van der Waals surface area contributed by atoms with Crippen molar-refractivity contribution in [2.75, 3.05) is 19.6 Å². The Labute approximate surface area is 116 Å². The van der Waals surface area contributed by atoms with Crippen LogP contribution in [-0.2, 0) is 16.4 Å². The Hall–Kier alpha value is -0.910.